The van der Waals surface area contributed by atoms with Crippen LogP contribution < -0.4 is 14.8 Å². The molecule has 0 saturated carbocycles. The monoisotopic (exact) mass is 328 g/mol. The third-order valence-corrected chi connectivity index (χ3v) is 4.84. The van der Waals surface area contributed by atoms with Gasteiger partial charge in [0.15, 0.2) is 0 Å². The molecule has 112 valence electrons. The van der Waals surface area contributed by atoms with E-state index in [9.17, 15) is 13.2 Å². The Kier molecular flexibility index (Phi) is 4.38. The molecule has 0 aliphatic heterocycles. The van der Waals surface area contributed by atoms with E-state index in [-0.39, 0.29) is 21.1 Å². The highest BCUT2D eigenvalue weighted by atomic mass is 32.2. The van der Waals surface area contributed by atoms with Crippen LogP contribution >= 0.6 is 11.3 Å². The van der Waals surface area contributed by atoms with Crippen molar-refractivity contribution in [3.8, 4) is 5.75 Å². The smallest absolute Gasteiger partial charge is 0.291 e. The van der Waals surface area contributed by atoms with Crippen LogP contribution in [0.15, 0.2) is 28.6 Å². The number of nitrogens with zero attached hydrogens (tertiary/aromatic N) is 2. The van der Waals surface area contributed by atoms with Gasteiger partial charge in [0.25, 0.3) is 14.4 Å². The molecule has 0 radical (unpaired) electrons. The summed E-state index contributed by atoms with van der Waals surface area (Å²) < 4.78 is 31.6. The maximum Gasteiger partial charge on any atom is 0.291 e. The first kappa shape index (κ1) is 15.2. The second-order valence-corrected chi connectivity index (χ2v) is 6.69. The standard InChI is InChI=1S/C11H12N4O4S2/c1-7(16)12-10-13-14-11(20-10)21(17,18)15-8-5-3-4-6-9(8)19-2/h3-6,15H,1-2H3,(H,12,13,16). The first-order valence-corrected chi connectivity index (χ1v) is 7.99. The molecule has 0 fully saturated rings. The Hall–Kier alpha value is -2.20. The van der Waals surface area contributed by atoms with Crippen molar-refractivity contribution in [1.29, 1.82) is 0 Å². The van der Waals surface area contributed by atoms with Gasteiger partial charge in [-0.05, 0) is 12.1 Å². The Morgan fingerprint density at radius 3 is 2.67 bits per heavy atom. The summed E-state index contributed by atoms with van der Waals surface area (Å²) in [5, 5.41) is 9.63. The van der Waals surface area contributed by atoms with Crippen LogP contribution in [0.4, 0.5) is 10.8 Å². The van der Waals surface area contributed by atoms with Crippen LogP contribution in [-0.4, -0.2) is 31.6 Å². The number of sulfonamides is 1. The van der Waals surface area contributed by atoms with Gasteiger partial charge in [-0.1, -0.05) is 23.5 Å². The van der Waals surface area contributed by atoms with Crippen molar-refractivity contribution in [2.24, 2.45) is 0 Å². The van der Waals surface area contributed by atoms with Crippen molar-refractivity contribution in [1.82, 2.24) is 10.2 Å². The fourth-order valence-electron chi connectivity index (χ4n) is 1.44. The van der Waals surface area contributed by atoms with E-state index >= 15 is 0 Å². The quantitative estimate of drug-likeness (QED) is 0.801. The minimum absolute atomic E-state index is 0.114. The summed E-state index contributed by atoms with van der Waals surface area (Å²) in [4.78, 5) is 10.9. The molecule has 1 amide bonds. The van der Waals surface area contributed by atoms with Gasteiger partial charge in [0.05, 0.1) is 12.8 Å². The number of hydrogen-bond acceptors (Lipinski definition) is 7. The number of anilines is 2. The Bertz CT molecular complexity index is 757. The molecule has 0 saturated heterocycles. The van der Waals surface area contributed by atoms with Gasteiger partial charge in [0.1, 0.15) is 5.75 Å². The van der Waals surface area contributed by atoms with Crippen molar-refractivity contribution in [2.45, 2.75) is 11.3 Å². The molecule has 0 bridgehead atoms. The van der Waals surface area contributed by atoms with Gasteiger partial charge < -0.3 is 10.1 Å². The third-order valence-electron chi connectivity index (χ3n) is 2.27. The van der Waals surface area contributed by atoms with Gasteiger partial charge in [-0.3, -0.25) is 9.52 Å². The Morgan fingerprint density at radius 2 is 2.00 bits per heavy atom. The largest absolute Gasteiger partial charge is 0.495 e. The third kappa shape index (κ3) is 3.67. The number of carbonyl (C=O) groups excluding carboxylic acids is 1. The number of aromatic nitrogens is 2. The molecule has 1 aromatic carbocycles. The zero-order valence-corrected chi connectivity index (χ0v) is 12.8. The average Bonchev–Trinajstić information content (AvgIpc) is 2.87. The number of para-hydroxylation sites is 2. The van der Waals surface area contributed by atoms with E-state index in [0.29, 0.717) is 5.75 Å². The molecule has 0 aliphatic carbocycles. The molecule has 2 rings (SSSR count). The van der Waals surface area contributed by atoms with Gasteiger partial charge >= 0.3 is 0 Å². The molecular formula is C11H12N4O4S2. The van der Waals surface area contributed by atoms with Crippen LogP contribution in [-0.2, 0) is 14.8 Å². The fraction of sp³-hybridized carbons (Fsp3) is 0.182. The summed E-state index contributed by atoms with van der Waals surface area (Å²) in [5.74, 6) is 0.0282. The van der Waals surface area contributed by atoms with Crippen molar-refractivity contribution in [3.05, 3.63) is 24.3 Å². The lowest BCUT2D eigenvalue weighted by Crippen LogP contribution is -2.13. The number of nitrogens with one attached hydrogen (secondary N) is 2. The second-order valence-electron chi connectivity index (χ2n) is 3.86. The number of amides is 1. The molecule has 0 unspecified atom stereocenters. The van der Waals surface area contributed by atoms with E-state index in [0.717, 1.165) is 11.3 Å². The molecule has 0 spiro atoms. The van der Waals surface area contributed by atoms with Gasteiger partial charge in [0, 0.05) is 6.92 Å². The first-order chi connectivity index (χ1) is 9.92. The predicted molar refractivity (Wildman–Crippen MR) is 78.0 cm³/mol. The summed E-state index contributed by atoms with van der Waals surface area (Å²) in [6.45, 7) is 1.29. The summed E-state index contributed by atoms with van der Waals surface area (Å²) in [7, 11) is -2.46. The summed E-state index contributed by atoms with van der Waals surface area (Å²) in [6.07, 6.45) is 0. The molecule has 2 N–H and O–H groups in total. The van der Waals surface area contributed by atoms with Crippen LogP contribution in [0.25, 0.3) is 0 Å². The number of methoxy groups -OCH3 is 1. The van der Waals surface area contributed by atoms with Crippen LogP contribution in [0.3, 0.4) is 0 Å². The van der Waals surface area contributed by atoms with Crippen LogP contribution in [0.1, 0.15) is 6.92 Å². The van der Waals surface area contributed by atoms with Crippen molar-refractivity contribution < 1.29 is 17.9 Å². The minimum Gasteiger partial charge on any atom is -0.495 e. The molecule has 1 aromatic heterocycles. The zero-order chi connectivity index (χ0) is 15.5. The van der Waals surface area contributed by atoms with E-state index in [1.54, 1.807) is 24.3 Å². The van der Waals surface area contributed by atoms with E-state index in [1.165, 1.54) is 14.0 Å². The summed E-state index contributed by atoms with van der Waals surface area (Å²) in [6, 6.07) is 6.58. The molecule has 1 heterocycles. The van der Waals surface area contributed by atoms with Crippen molar-refractivity contribution in [3.63, 3.8) is 0 Å². The molecular weight excluding hydrogens is 316 g/mol. The maximum atomic E-state index is 12.2. The van der Waals surface area contributed by atoms with Gasteiger partial charge in [0.2, 0.25) is 11.0 Å². The van der Waals surface area contributed by atoms with Crippen LogP contribution in [0, 0.1) is 0 Å². The highest BCUT2D eigenvalue weighted by Crippen LogP contribution is 2.27. The molecule has 21 heavy (non-hydrogen) atoms. The average molecular weight is 328 g/mol. The SMILES string of the molecule is COc1ccccc1NS(=O)(=O)c1nnc(NC(C)=O)s1. The maximum absolute atomic E-state index is 12.2. The Labute approximate surface area is 125 Å². The molecule has 8 nitrogen and oxygen atoms in total. The number of benzene rings is 1. The normalized spacial score (nSPS) is 11.0. The highest BCUT2D eigenvalue weighted by molar-refractivity contribution is 7.94. The van der Waals surface area contributed by atoms with E-state index in [1.807, 2.05) is 0 Å². The Balaban J connectivity index is 2.26. The summed E-state index contributed by atoms with van der Waals surface area (Å²) in [5.41, 5.74) is 0.288. The number of carbonyl (C=O) groups is 1. The van der Waals surface area contributed by atoms with E-state index < -0.39 is 10.0 Å². The lowest BCUT2D eigenvalue weighted by molar-refractivity contribution is -0.114. The van der Waals surface area contributed by atoms with Crippen molar-refractivity contribution >= 4 is 38.1 Å². The van der Waals surface area contributed by atoms with E-state index in [2.05, 4.69) is 20.2 Å². The van der Waals surface area contributed by atoms with Gasteiger partial charge in [-0.25, -0.2) is 0 Å². The number of rotatable bonds is 5. The minimum atomic E-state index is -3.90. The van der Waals surface area contributed by atoms with Crippen molar-refractivity contribution in [2.75, 3.05) is 17.1 Å². The first-order valence-electron chi connectivity index (χ1n) is 5.69. The Morgan fingerprint density at radius 1 is 1.29 bits per heavy atom. The summed E-state index contributed by atoms with van der Waals surface area (Å²) >= 11 is 0.755. The molecule has 0 atom stereocenters. The number of ether oxygens (including phenoxy) is 1. The highest BCUT2D eigenvalue weighted by Gasteiger charge is 2.22. The van der Waals surface area contributed by atoms with Crippen LogP contribution in [0.5, 0.6) is 5.75 Å². The zero-order valence-electron chi connectivity index (χ0n) is 11.2. The molecule has 10 heteroatoms. The van der Waals surface area contributed by atoms with E-state index in [4.69, 9.17) is 4.74 Å². The lowest BCUT2D eigenvalue weighted by atomic mass is 10.3. The molecule has 2 aromatic rings. The van der Waals surface area contributed by atoms with Gasteiger partial charge in [-0.15, -0.1) is 10.2 Å². The predicted octanol–water partition coefficient (Wildman–Crippen LogP) is 1.31. The lowest BCUT2D eigenvalue weighted by Gasteiger charge is -2.09. The fourth-order valence-corrected chi connectivity index (χ4v) is 3.45. The molecule has 0 aliphatic rings. The number of hydrogen-bond donors (Lipinski definition) is 2. The topological polar surface area (TPSA) is 110 Å². The van der Waals surface area contributed by atoms with Crippen LogP contribution in [0.2, 0.25) is 0 Å². The second kappa shape index (κ2) is 6.06. The van der Waals surface area contributed by atoms with Gasteiger partial charge in [-0.2, -0.15) is 8.42 Å².